The molecule has 0 aliphatic carbocycles. The van der Waals surface area contributed by atoms with Gasteiger partial charge in [0.25, 0.3) is 0 Å². The zero-order valence-electron chi connectivity index (χ0n) is 10.4. The smallest absolute Gasteiger partial charge is 0.369 e. The first-order valence-corrected chi connectivity index (χ1v) is 5.95. The molecule has 1 fully saturated rings. The van der Waals surface area contributed by atoms with Crippen molar-refractivity contribution < 1.29 is 22.4 Å². The van der Waals surface area contributed by atoms with Crippen molar-refractivity contribution in [1.29, 1.82) is 0 Å². The molecule has 1 aromatic heterocycles. The highest BCUT2D eigenvalue weighted by Gasteiger charge is 2.51. The van der Waals surface area contributed by atoms with Gasteiger partial charge in [-0.25, -0.2) is 4.39 Å². The largest absolute Gasteiger partial charge is 0.393 e. The molecule has 0 aromatic carbocycles. The Balaban J connectivity index is 2.10. The Kier molecular flexibility index (Phi) is 3.94. The summed E-state index contributed by atoms with van der Waals surface area (Å²) in [5.41, 5.74) is 5.48. The third-order valence-corrected chi connectivity index (χ3v) is 3.35. The van der Waals surface area contributed by atoms with E-state index in [1.807, 2.05) is 0 Å². The predicted octanol–water partition coefficient (Wildman–Crippen LogP) is 1.32. The highest BCUT2D eigenvalue weighted by molar-refractivity contribution is 5.77. The average Bonchev–Trinajstić information content (AvgIpc) is 2.73. The van der Waals surface area contributed by atoms with Crippen LogP contribution < -0.4 is 5.73 Å². The number of likely N-dealkylation sites (tertiary alicyclic amines) is 1. The Hall–Kier alpha value is -1.70. The van der Waals surface area contributed by atoms with Crippen LogP contribution in [0.3, 0.4) is 0 Å². The van der Waals surface area contributed by atoms with E-state index in [2.05, 4.69) is 4.98 Å². The van der Waals surface area contributed by atoms with Gasteiger partial charge in [0.05, 0.1) is 18.0 Å². The normalized spacial score (nSPS) is 24.0. The van der Waals surface area contributed by atoms with Gasteiger partial charge in [0.15, 0.2) is 0 Å². The van der Waals surface area contributed by atoms with Gasteiger partial charge in [-0.1, -0.05) is 0 Å². The number of aromatic nitrogens is 1. The molecule has 0 spiro atoms. The number of primary amides is 1. The summed E-state index contributed by atoms with van der Waals surface area (Å²) in [5, 5.41) is 0. The molecular formula is C12H13F4N3O. The highest BCUT2D eigenvalue weighted by Crippen LogP contribution is 2.37. The summed E-state index contributed by atoms with van der Waals surface area (Å²) < 4.78 is 51.5. The second-order valence-electron chi connectivity index (χ2n) is 4.86. The number of amides is 1. The molecule has 0 radical (unpaired) electrons. The van der Waals surface area contributed by atoms with E-state index in [0.29, 0.717) is 5.56 Å². The van der Waals surface area contributed by atoms with Crippen molar-refractivity contribution in [1.82, 2.24) is 9.88 Å². The average molecular weight is 291 g/mol. The van der Waals surface area contributed by atoms with Crippen molar-refractivity contribution in [2.75, 3.05) is 13.1 Å². The van der Waals surface area contributed by atoms with Gasteiger partial charge in [-0.3, -0.25) is 14.7 Å². The quantitative estimate of drug-likeness (QED) is 0.854. The number of pyridine rings is 1. The summed E-state index contributed by atoms with van der Waals surface area (Å²) in [5.74, 6) is -4.56. The van der Waals surface area contributed by atoms with Gasteiger partial charge in [-0.15, -0.1) is 0 Å². The summed E-state index contributed by atoms with van der Waals surface area (Å²) in [4.78, 5) is 16.2. The van der Waals surface area contributed by atoms with E-state index in [1.165, 1.54) is 17.2 Å². The lowest BCUT2D eigenvalue weighted by molar-refractivity contribution is -0.182. The summed E-state index contributed by atoms with van der Waals surface area (Å²) in [6.07, 6.45) is -2.09. The summed E-state index contributed by atoms with van der Waals surface area (Å²) >= 11 is 0. The topological polar surface area (TPSA) is 59.2 Å². The molecule has 1 aliphatic heterocycles. The van der Waals surface area contributed by atoms with Crippen molar-refractivity contribution in [2.45, 2.75) is 12.7 Å². The fourth-order valence-corrected chi connectivity index (χ4v) is 2.43. The molecule has 1 aliphatic rings. The lowest BCUT2D eigenvalue weighted by atomic mass is 9.95. The van der Waals surface area contributed by atoms with E-state index in [9.17, 15) is 22.4 Å². The molecule has 8 heteroatoms. The molecule has 0 saturated carbocycles. The number of carbonyl (C=O) groups excluding carboxylic acids is 1. The van der Waals surface area contributed by atoms with Gasteiger partial charge < -0.3 is 5.73 Å². The van der Waals surface area contributed by atoms with E-state index in [0.717, 1.165) is 6.20 Å². The number of hydrogen-bond acceptors (Lipinski definition) is 3. The Morgan fingerprint density at radius 2 is 2.10 bits per heavy atom. The van der Waals surface area contributed by atoms with Gasteiger partial charge in [-0.05, 0) is 11.6 Å². The molecule has 1 aromatic rings. The third kappa shape index (κ3) is 3.24. The molecule has 0 bridgehead atoms. The highest BCUT2D eigenvalue weighted by atomic mass is 19.4. The zero-order chi connectivity index (χ0) is 14.9. The number of alkyl halides is 3. The molecule has 0 unspecified atom stereocenters. The van der Waals surface area contributed by atoms with Crippen LogP contribution in [0.2, 0.25) is 0 Å². The Labute approximate surface area is 112 Å². The standard InChI is InChI=1S/C12H13F4N3O/c13-8-1-7(2-18-3-8)4-19-5-9(11(17)20)10(6-19)12(14,15)16/h1-3,9-10H,4-6H2,(H2,17,20)/t9-,10-/m1/s1. The Bertz CT molecular complexity index is 506. The van der Waals surface area contributed by atoms with Crippen LogP contribution in [-0.2, 0) is 11.3 Å². The van der Waals surface area contributed by atoms with Crippen LogP contribution in [0.1, 0.15) is 5.56 Å². The maximum absolute atomic E-state index is 13.0. The van der Waals surface area contributed by atoms with Gasteiger partial charge in [-0.2, -0.15) is 13.2 Å². The fourth-order valence-electron chi connectivity index (χ4n) is 2.43. The molecule has 2 heterocycles. The molecule has 4 nitrogen and oxygen atoms in total. The van der Waals surface area contributed by atoms with Crippen LogP contribution in [0.15, 0.2) is 18.5 Å². The summed E-state index contributed by atoms with van der Waals surface area (Å²) in [6, 6.07) is 1.20. The molecule has 110 valence electrons. The second-order valence-corrected chi connectivity index (χ2v) is 4.86. The molecule has 2 N–H and O–H groups in total. The molecule has 2 atom stereocenters. The van der Waals surface area contributed by atoms with E-state index >= 15 is 0 Å². The van der Waals surface area contributed by atoms with Crippen LogP contribution in [0.25, 0.3) is 0 Å². The minimum Gasteiger partial charge on any atom is -0.369 e. The van der Waals surface area contributed by atoms with Crippen LogP contribution in [0, 0.1) is 17.7 Å². The van der Waals surface area contributed by atoms with E-state index < -0.39 is 29.7 Å². The first-order valence-electron chi connectivity index (χ1n) is 5.95. The van der Waals surface area contributed by atoms with Crippen LogP contribution >= 0.6 is 0 Å². The van der Waals surface area contributed by atoms with Crippen molar-refractivity contribution in [3.8, 4) is 0 Å². The van der Waals surface area contributed by atoms with Crippen LogP contribution in [0.5, 0.6) is 0 Å². The second kappa shape index (κ2) is 5.35. The monoisotopic (exact) mass is 291 g/mol. The maximum Gasteiger partial charge on any atom is 0.393 e. The lowest BCUT2D eigenvalue weighted by Gasteiger charge is -2.18. The van der Waals surface area contributed by atoms with Crippen molar-refractivity contribution in [3.63, 3.8) is 0 Å². The Morgan fingerprint density at radius 3 is 2.60 bits per heavy atom. The number of carbonyl (C=O) groups is 1. The van der Waals surface area contributed by atoms with Gasteiger partial charge in [0, 0.05) is 25.8 Å². The number of nitrogens with zero attached hydrogens (tertiary/aromatic N) is 2. The molecular weight excluding hydrogens is 278 g/mol. The van der Waals surface area contributed by atoms with Gasteiger partial charge >= 0.3 is 6.18 Å². The number of rotatable bonds is 3. The molecule has 20 heavy (non-hydrogen) atoms. The minimum absolute atomic E-state index is 0.0873. The van der Waals surface area contributed by atoms with Gasteiger partial charge in [0.2, 0.25) is 5.91 Å². The third-order valence-electron chi connectivity index (χ3n) is 3.35. The number of hydrogen-bond donors (Lipinski definition) is 1. The van der Waals surface area contributed by atoms with E-state index in [-0.39, 0.29) is 19.6 Å². The zero-order valence-corrected chi connectivity index (χ0v) is 10.4. The first-order chi connectivity index (χ1) is 9.27. The van der Waals surface area contributed by atoms with Crippen LogP contribution in [0.4, 0.5) is 17.6 Å². The molecule has 2 rings (SSSR count). The van der Waals surface area contributed by atoms with Crippen molar-refractivity contribution >= 4 is 5.91 Å². The Morgan fingerprint density at radius 1 is 1.40 bits per heavy atom. The van der Waals surface area contributed by atoms with Crippen molar-refractivity contribution in [3.05, 3.63) is 29.8 Å². The maximum atomic E-state index is 13.0. The van der Waals surface area contributed by atoms with Crippen molar-refractivity contribution in [2.24, 2.45) is 17.6 Å². The summed E-state index contributed by atoms with van der Waals surface area (Å²) in [6.45, 7) is -0.315. The SMILES string of the molecule is NC(=O)[C@@H]1CN(Cc2cncc(F)c2)C[C@H]1C(F)(F)F. The molecule has 1 saturated heterocycles. The van der Waals surface area contributed by atoms with Gasteiger partial charge in [0.1, 0.15) is 5.82 Å². The number of nitrogens with two attached hydrogens (primary N) is 1. The summed E-state index contributed by atoms with van der Waals surface area (Å²) in [7, 11) is 0. The minimum atomic E-state index is -4.48. The lowest BCUT2D eigenvalue weighted by Crippen LogP contribution is -2.37. The number of halogens is 4. The predicted molar refractivity (Wildman–Crippen MR) is 61.7 cm³/mol. The fraction of sp³-hybridized carbons (Fsp3) is 0.500. The van der Waals surface area contributed by atoms with E-state index in [1.54, 1.807) is 0 Å². The van der Waals surface area contributed by atoms with Crippen LogP contribution in [-0.4, -0.2) is 35.1 Å². The van der Waals surface area contributed by atoms with E-state index in [4.69, 9.17) is 5.73 Å². The molecule has 1 amide bonds. The first kappa shape index (κ1) is 14.7.